The summed E-state index contributed by atoms with van der Waals surface area (Å²) in [5.74, 6) is -0.609. The lowest BCUT2D eigenvalue weighted by molar-refractivity contribution is -0.385. The van der Waals surface area contributed by atoms with Crippen molar-refractivity contribution in [1.29, 1.82) is 0 Å². The molecule has 4 rings (SSSR count). The summed E-state index contributed by atoms with van der Waals surface area (Å²) in [6.07, 6.45) is 3.66. The van der Waals surface area contributed by atoms with Gasteiger partial charge in [0.15, 0.2) is 5.65 Å². The van der Waals surface area contributed by atoms with Crippen LogP contribution in [-0.4, -0.2) is 35.7 Å². The summed E-state index contributed by atoms with van der Waals surface area (Å²) in [5.41, 5.74) is 0.0188. The van der Waals surface area contributed by atoms with Crippen LogP contribution in [0.3, 0.4) is 0 Å². The Labute approximate surface area is 167 Å². The molecule has 29 heavy (non-hydrogen) atoms. The van der Waals surface area contributed by atoms with E-state index in [-0.39, 0.29) is 16.0 Å². The molecule has 2 aromatic heterocycles. The molecule has 2 aromatic carbocycles. The fraction of sp³-hybridized carbons (Fsp3) is 0. The normalized spacial score (nSPS) is 11.3. The number of aromatic hydroxyl groups is 1. The minimum Gasteiger partial charge on any atom is -0.502 e. The van der Waals surface area contributed by atoms with E-state index in [0.717, 1.165) is 22.6 Å². The van der Waals surface area contributed by atoms with Crippen LogP contribution in [0.25, 0.3) is 16.7 Å². The number of halogens is 1. The van der Waals surface area contributed by atoms with E-state index < -0.39 is 21.9 Å². The first kappa shape index (κ1) is 18.3. The van der Waals surface area contributed by atoms with Gasteiger partial charge in [-0.3, -0.25) is 14.9 Å². The van der Waals surface area contributed by atoms with Crippen molar-refractivity contribution in [2.24, 2.45) is 5.10 Å². The third kappa shape index (κ3) is 3.32. The standard InChI is InChI=1S/C18H11ClN6O4/c19-12-6-11(16(26)15(7-12)25(28)29)8-21-23-10-20-17-14(18(23)27)9-22-24(17)13-4-2-1-3-5-13/h1-10,26H/b21-8+. The van der Waals surface area contributed by atoms with Crippen LogP contribution in [0.5, 0.6) is 5.75 Å². The molecule has 1 N–H and O–H groups in total. The third-order valence-corrected chi connectivity index (χ3v) is 4.29. The predicted molar refractivity (Wildman–Crippen MR) is 106 cm³/mol. The SMILES string of the molecule is O=c1c2cnn(-c3ccccc3)c2ncn1/N=C/c1cc(Cl)cc([N+](=O)[O-])c1O. The van der Waals surface area contributed by atoms with E-state index in [2.05, 4.69) is 15.2 Å². The van der Waals surface area contributed by atoms with Crippen LogP contribution < -0.4 is 5.56 Å². The van der Waals surface area contributed by atoms with Crippen LogP contribution in [-0.2, 0) is 0 Å². The molecule has 0 amide bonds. The molecular weight excluding hydrogens is 400 g/mol. The molecule has 0 aliphatic carbocycles. The van der Waals surface area contributed by atoms with Crippen molar-refractivity contribution in [2.45, 2.75) is 0 Å². The Bertz CT molecular complexity index is 1330. The van der Waals surface area contributed by atoms with E-state index in [1.807, 2.05) is 30.3 Å². The lowest BCUT2D eigenvalue weighted by Crippen LogP contribution is -2.17. The minimum absolute atomic E-state index is 0.0174. The minimum atomic E-state index is -0.768. The molecule has 0 aliphatic rings. The first-order chi connectivity index (χ1) is 14.0. The molecule has 0 radical (unpaired) electrons. The van der Waals surface area contributed by atoms with Gasteiger partial charge in [0, 0.05) is 16.7 Å². The van der Waals surface area contributed by atoms with Gasteiger partial charge in [-0.05, 0) is 18.2 Å². The summed E-state index contributed by atoms with van der Waals surface area (Å²) in [7, 11) is 0. The maximum Gasteiger partial charge on any atom is 0.312 e. The van der Waals surface area contributed by atoms with Crippen LogP contribution >= 0.6 is 11.6 Å². The number of phenolic OH excluding ortho intramolecular Hbond substituents is 1. The third-order valence-electron chi connectivity index (χ3n) is 4.07. The number of fused-ring (bicyclic) bond motifs is 1. The zero-order chi connectivity index (χ0) is 20.5. The molecule has 2 heterocycles. The second kappa shape index (κ2) is 7.17. The fourth-order valence-electron chi connectivity index (χ4n) is 2.71. The van der Waals surface area contributed by atoms with E-state index in [1.165, 1.54) is 23.3 Å². The highest BCUT2D eigenvalue weighted by Crippen LogP contribution is 2.32. The summed E-state index contributed by atoms with van der Waals surface area (Å²) < 4.78 is 2.46. The largest absolute Gasteiger partial charge is 0.502 e. The topological polar surface area (TPSA) is 128 Å². The maximum absolute atomic E-state index is 12.7. The van der Waals surface area contributed by atoms with Crippen molar-refractivity contribution in [3.8, 4) is 11.4 Å². The van der Waals surface area contributed by atoms with Gasteiger partial charge in [-0.2, -0.15) is 14.9 Å². The first-order valence-corrected chi connectivity index (χ1v) is 8.55. The summed E-state index contributed by atoms with van der Waals surface area (Å²) in [4.78, 5) is 27.1. The number of para-hydroxylation sites is 1. The highest BCUT2D eigenvalue weighted by atomic mass is 35.5. The van der Waals surface area contributed by atoms with Gasteiger partial charge in [-0.25, -0.2) is 9.67 Å². The first-order valence-electron chi connectivity index (χ1n) is 8.18. The molecule has 144 valence electrons. The van der Waals surface area contributed by atoms with Gasteiger partial charge >= 0.3 is 5.69 Å². The highest BCUT2D eigenvalue weighted by Gasteiger charge is 2.18. The van der Waals surface area contributed by atoms with E-state index in [4.69, 9.17) is 11.6 Å². The van der Waals surface area contributed by atoms with E-state index in [9.17, 15) is 20.0 Å². The molecule has 11 heteroatoms. The summed E-state index contributed by atoms with van der Waals surface area (Å²) in [6.45, 7) is 0. The summed E-state index contributed by atoms with van der Waals surface area (Å²) >= 11 is 5.85. The molecule has 4 aromatic rings. The van der Waals surface area contributed by atoms with Crippen LogP contribution in [0.2, 0.25) is 5.02 Å². The predicted octanol–water partition coefficient (Wildman–Crippen LogP) is 2.73. The van der Waals surface area contributed by atoms with Gasteiger partial charge in [0.2, 0.25) is 5.75 Å². The number of nitro groups is 1. The highest BCUT2D eigenvalue weighted by molar-refractivity contribution is 6.31. The van der Waals surface area contributed by atoms with Crippen molar-refractivity contribution in [3.63, 3.8) is 0 Å². The zero-order valence-electron chi connectivity index (χ0n) is 14.5. The molecule has 0 saturated heterocycles. The van der Waals surface area contributed by atoms with E-state index in [0.29, 0.717) is 5.65 Å². The Kier molecular flexibility index (Phi) is 4.53. The molecule has 10 nitrogen and oxygen atoms in total. The Morgan fingerprint density at radius 2 is 2.00 bits per heavy atom. The van der Waals surface area contributed by atoms with Gasteiger partial charge in [0.25, 0.3) is 5.56 Å². The molecule has 0 spiro atoms. The van der Waals surface area contributed by atoms with Gasteiger partial charge in [-0.15, -0.1) is 0 Å². The fourth-order valence-corrected chi connectivity index (χ4v) is 2.93. The van der Waals surface area contributed by atoms with Crippen LogP contribution in [0.1, 0.15) is 5.56 Å². The second-order valence-corrected chi connectivity index (χ2v) is 6.32. The number of benzene rings is 2. The Hall–Kier alpha value is -4.05. The number of rotatable bonds is 4. The molecule has 0 unspecified atom stereocenters. The summed E-state index contributed by atoms with van der Waals surface area (Å²) in [5, 5.41) is 29.4. The Morgan fingerprint density at radius 3 is 2.72 bits per heavy atom. The quantitative estimate of drug-likeness (QED) is 0.313. The number of aromatic nitrogens is 4. The molecule has 0 saturated carbocycles. The Balaban J connectivity index is 1.76. The van der Waals surface area contributed by atoms with Crippen LogP contribution in [0, 0.1) is 10.1 Å². The summed E-state index contributed by atoms with van der Waals surface area (Å²) in [6, 6.07) is 11.5. The number of nitrogens with zero attached hydrogens (tertiary/aromatic N) is 6. The number of hydrogen-bond acceptors (Lipinski definition) is 7. The smallest absolute Gasteiger partial charge is 0.312 e. The van der Waals surface area contributed by atoms with Crippen molar-refractivity contribution >= 4 is 34.5 Å². The van der Waals surface area contributed by atoms with Crippen LogP contribution in [0.15, 0.2) is 64.9 Å². The van der Waals surface area contributed by atoms with Gasteiger partial charge in [0.05, 0.1) is 23.0 Å². The van der Waals surface area contributed by atoms with Crippen molar-refractivity contribution in [3.05, 3.63) is 86.0 Å². The van der Waals surface area contributed by atoms with Crippen LogP contribution in [0.4, 0.5) is 5.69 Å². The molecular formula is C18H11ClN6O4. The molecule has 0 aliphatic heterocycles. The second-order valence-electron chi connectivity index (χ2n) is 5.89. The van der Waals surface area contributed by atoms with Gasteiger partial charge < -0.3 is 5.11 Å². The lowest BCUT2D eigenvalue weighted by atomic mass is 10.2. The number of hydrogen-bond donors (Lipinski definition) is 1. The zero-order valence-corrected chi connectivity index (χ0v) is 15.3. The van der Waals surface area contributed by atoms with Crippen molar-refractivity contribution in [2.75, 3.05) is 0 Å². The van der Waals surface area contributed by atoms with E-state index in [1.54, 1.807) is 0 Å². The molecule has 0 fully saturated rings. The average molecular weight is 411 g/mol. The Morgan fingerprint density at radius 1 is 1.24 bits per heavy atom. The van der Waals surface area contributed by atoms with Gasteiger partial charge in [-0.1, -0.05) is 29.8 Å². The number of nitro benzene ring substituents is 1. The molecule has 0 bridgehead atoms. The molecule has 0 atom stereocenters. The maximum atomic E-state index is 12.7. The average Bonchev–Trinajstić information content (AvgIpc) is 3.15. The monoisotopic (exact) mass is 410 g/mol. The van der Waals surface area contributed by atoms with E-state index >= 15 is 0 Å². The van der Waals surface area contributed by atoms with Gasteiger partial charge in [0.1, 0.15) is 11.7 Å². The number of phenols is 1. The van der Waals surface area contributed by atoms with Crippen molar-refractivity contribution < 1.29 is 10.0 Å². The lowest BCUT2D eigenvalue weighted by Gasteiger charge is -2.03. The van der Waals surface area contributed by atoms with Crippen molar-refractivity contribution in [1.82, 2.24) is 19.4 Å².